The maximum atomic E-state index is 13.6. The van der Waals surface area contributed by atoms with Crippen LogP contribution in [0.2, 0.25) is 10.0 Å². The smallest absolute Gasteiger partial charge is 0.149 e. The monoisotopic (exact) mass is 400 g/mol. The van der Waals surface area contributed by atoms with Crippen molar-refractivity contribution in [2.75, 3.05) is 5.32 Å². The van der Waals surface area contributed by atoms with Crippen molar-refractivity contribution in [2.24, 2.45) is 0 Å². The molecule has 0 unspecified atom stereocenters. The Morgan fingerprint density at radius 2 is 1.85 bits per heavy atom. The van der Waals surface area contributed by atoms with Crippen molar-refractivity contribution in [1.82, 2.24) is 14.5 Å². The first-order valence-electron chi connectivity index (χ1n) is 8.39. The van der Waals surface area contributed by atoms with Crippen LogP contribution >= 0.6 is 23.2 Å². The lowest BCUT2D eigenvalue weighted by Crippen LogP contribution is -2.00. The number of nitrogens with zero attached hydrogens (tertiary/aromatic N) is 3. The number of aryl methyl sites for hydroxylation is 1. The number of pyridine rings is 1. The Balaban J connectivity index is 1.72. The topological polar surface area (TPSA) is 42.7 Å². The molecule has 136 valence electrons. The summed E-state index contributed by atoms with van der Waals surface area (Å²) in [6, 6.07) is 13.6. The van der Waals surface area contributed by atoms with E-state index in [4.69, 9.17) is 23.2 Å². The Hall–Kier alpha value is -2.63. The fourth-order valence-corrected chi connectivity index (χ4v) is 3.30. The second-order valence-electron chi connectivity index (χ2n) is 6.00. The minimum absolute atomic E-state index is 0.290. The molecule has 4 aromatic rings. The Bertz CT molecular complexity index is 1120. The van der Waals surface area contributed by atoms with Gasteiger partial charge in [0.15, 0.2) is 0 Å². The highest BCUT2D eigenvalue weighted by atomic mass is 35.5. The summed E-state index contributed by atoms with van der Waals surface area (Å²) < 4.78 is 15.6. The predicted molar refractivity (Wildman–Crippen MR) is 108 cm³/mol. The van der Waals surface area contributed by atoms with Gasteiger partial charge in [0.25, 0.3) is 0 Å². The van der Waals surface area contributed by atoms with Gasteiger partial charge in [-0.1, -0.05) is 23.2 Å². The lowest BCUT2D eigenvalue weighted by Gasteiger charge is -2.10. The normalized spacial score (nSPS) is 11.1. The number of halogens is 3. The van der Waals surface area contributed by atoms with Crippen molar-refractivity contribution < 1.29 is 4.39 Å². The third-order valence-electron chi connectivity index (χ3n) is 4.23. The van der Waals surface area contributed by atoms with Gasteiger partial charge in [0.2, 0.25) is 0 Å². The molecule has 1 N–H and O–H groups in total. The molecule has 0 radical (unpaired) electrons. The van der Waals surface area contributed by atoms with Gasteiger partial charge in [0.1, 0.15) is 17.5 Å². The third-order valence-corrected chi connectivity index (χ3v) is 4.77. The lowest BCUT2D eigenvalue weighted by molar-refractivity contribution is 0.628. The number of imidazole rings is 1. The van der Waals surface area contributed by atoms with Gasteiger partial charge in [-0.2, -0.15) is 0 Å². The van der Waals surface area contributed by atoms with E-state index in [0.717, 1.165) is 22.3 Å². The average molecular weight is 401 g/mol. The van der Waals surface area contributed by atoms with E-state index in [-0.39, 0.29) is 5.82 Å². The number of hydrogen-bond acceptors (Lipinski definition) is 3. The molecule has 2 heterocycles. The Labute approximate surface area is 165 Å². The summed E-state index contributed by atoms with van der Waals surface area (Å²) in [5.41, 5.74) is 3.07. The Morgan fingerprint density at radius 3 is 2.56 bits per heavy atom. The molecule has 0 saturated heterocycles. The third kappa shape index (κ3) is 3.48. The minimum atomic E-state index is -0.290. The van der Waals surface area contributed by atoms with Crippen LogP contribution in [0.4, 0.5) is 15.9 Å². The molecule has 0 saturated carbocycles. The molecule has 0 fully saturated rings. The quantitative estimate of drug-likeness (QED) is 0.436. The first-order chi connectivity index (χ1) is 13.0. The van der Waals surface area contributed by atoms with Gasteiger partial charge in [-0.3, -0.25) is 0 Å². The van der Waals surface area contributed by atoms with Crippen molar-refractivity contribution >= 4 is 45.7 Å². The summed E-state index contributed by atoms with van der Waals surface area (Å²) in [6.07, 6.45) is 1.70. The Morgan fingerprint density at radius 1 is 1.07 bits per heavy atom. The molecular formula is C20H15Cl2FN4. The van der Waals surface area contributed by atoms with Crippen molar-refractivity contribution in [1.29, 1.82) is 0 Å². The lowest BCUT2D eigenvalue weighted by atomic mass is 10.2. The molecule has 4 rings (SSSR count). The molecule has 0 spiro atoms. The summed E-state index contributed by atoms with van der Waals surface area (Å²) in [6.45, 7) is 2.64. The summed E-state index contributed by atoms with van der Waals surface area (Å²) in [5.74, 6) is 0.945. The van der Waals surface area contributed by atoms with Gasteiger partial charge in [-0.25, -0.2) is 14.4 Å². The fourth-order valence-electron chi connectivity index (χ4n) is 2.96. The first kappa shape index (κ1) is 17.8. The number of rotatable bonds is 4. The van der Waals surface area contributed by atoms with Crippen LogP contribution in [0.3, 0.4) is 0 Å². The van der Waals surface area contributed by atoms with E-state index in [9.17, 15) is 4.39 Å². The van der Waals surface area contributed by atoms with Crippen LogP contribution in [0.5, 0.6) is 0 Å². The van der Waals surface area contributed by atoms with E-state index < -0.39 is 0 Å². The molecule has 7 heteroatoms. The summed E-state index contributed by atoms with van der Waals surface area (Å²) >= 11 is 12.3. The summed E-state index contributed by atoms with van der Waals surface area (Å²) in [5, 5.41) is 4.28. The first-order valence-corrected chi connectivity index (χ1v) is 9.15. The number of aromatic nitrogens is 3. The van der Waals surface area contributed by atoms with Gasteiger partial charge in [-0.15, -0.1) is 0 Å². The molecule has 2 aromatic carbocycles. The van der Waals surface area contributed by atoms with Crippen molar-refractivity contribution in [3.63, 3.8) is 0 Å². The van der Waals surface area contributed by atoms with Crippen molar-refractivity contribution in [2.45, 2.75) is 13.5 Å². The van der Waals surface area contributed by atoms with Gasteiger partial charge < -0.3 is 9.88 Å². The van der Waals surface area contributed by atoms with Crippen molar-refractivity contribution in [3.05, 3.63) is 70.6 Å². The summed E-state index contributed by atoms with van der Waals surface area (Å²) in [4.78, 5) is 9.05. The standard InChI is InChI=1S/C20H15Cl2FN4/c1-2-27-18-10-14(23)5-8-17(18)26-20(27)12-9-16(22)19(24-11-12)25-15-6-3-13(21)4-7-15/h3-11H,2H2,1H3,(H,24,25). The zero-order chi connectivity index (χ0) is 19.0. The molecular weight excluding hydrogens is 386 g/mol. The van der Waals surface area contributed by atoms with Crippen LogP contribution in [0.25, 0.3) is 22.4 Å². The predicted octanol–water partition coefficient (Wildman–Crippen LogP) is 6.31. The van der Waals surface area contributed by atoms with Crippen LogP contribution < -0.4 is 5.32 Å². The molecule has 0 aliphatic heterocycles. The number of anilines is 2. The Kier molecular flexibility index (Phi) is 4.72. The van der Waals surface area contributed by atoms with E-state index in [2.05, 4.69) is 15.3 Å². The van der Waals surface area contributed by atoms with Crippen LogP contribution in [-0.4, -0.2) is 14.5 Å². The van der Waals surface area contributed by atoms with Crippen LogP contribution in [0.15, 0.2) is 54.7 Å². The average Bonchev–Trinajstić information content (AvgIpc) is 3.02. The zero-order valence-corrected chi connectivity index (χ0v) is 15.9. The largest absolute Gasteiger partial charge is 0.339 e. The van der Waals surface area contributed by atoms with Crippen LogP contribution in [-0.2, 0) is 6.54 Å². The van der Waals surface area contributed by atoms with Gasteiger partial charge in [0.05, 0.1) is 16.1 Å². The van der Waals surface area contributed by atoms with Crippen molar-refractivity contribution in [3.8, 4) is 11.4 Å². The molecule has 0 amide bonds. The number of nitrogens with one attached hydrogen (secondary N) is 1. The highest BCUT2D eigenvalue weighted by Crippen LogP contribution is 2.30. The van der Waals surface area contributed by atoms with Gasteiger partial charge >= 0.3 is 0 Å². The van der Waals surface area contributed by atoms with Gasteiger partial charge in [-0.05, 0) is 55.5 Å². The molecule has 2 aromatic heterocycles. The van der Waals surface area contributed by atoms with E-state index in [1.165, 1.54) is 12.1 Å². The van der Waals surface area contributed by atoms with E-state index in [0.29, 0.717) is 28.2 Å². The molecule has 4 nitrogen and oxygen atoms in total. The van der Waals surface area contributed by atoms with Crippen LogP contribution in [0.1, 0.15) is 6.92 Å². The fraction of sp³-hybridized carbons (Fsp3) is 0.100. The summed E-state index contributed by atoms with van der Waals surface area (Å²) in [7, 11) is 0. The number of hydrogen-bond donors (Lipinski definition) is 1. The second kappa shape index (κ2) is 7.18. The molecule has 0 aliphatic carbocycles. The molecule has 0 aliphatic rings. The van der Waals surface area contributed by atoms with E-state index in [1.807, 2.05) is 23.6 Å². The van der Waals surface area contributed by atoms with Crippen LogP contribution in [0, 0.1) is 5.82 Å². The maximum Gasteiger partial charge on any atom is 0.149 e. The molecule has 0 atom stereocenters. The highest BCUT2D eigenvalue weighted by molar-refractivity contribution is 6.33. The SMILES string of the molecule is CCn1c(-c2cnc(Nc3ccc(Cl)cc3)c(Cl)c2)nc2ccc(F)cc21. The minimum Gasteiger partial charge on any atom is -0.339 e. The number of fused-ring (bicyclic) bond motifs is 1. The molecule has 0 bridgehead atoms. The molecule has 27 heavy (non-hydrogen) atoms. The second-order valence-corrected chi connectivity index (χ2v) is 6.84. The van der Waals surface area contributed by atoms with Gasteiger partial charge in [0, 0.05) is 29.0 Å². The number of benzene rings is 2. The maximum absolute atomic E-state index is 13.6. The van der Waals surface area contributed by atoms with E-state index in [1.54, 1.807) is 30.5 Å². The zero-order valence-electron chi connectivity index (χ0n) is 14.4. The highest BCUT2D eigenvalue weighted by Gasteiger charge is 2.14. The van der Waals surface area contributed by atoms with E-state index >= 15 is 0 Å².